The van der Waals surface area contributed by atoms with Gasteiger partial charge >= 0.3 is 15.6 Å². The summed E-state index contributed by atoms with van der Waals surface area (Å²) in [4.78, 5) is 71.3. The fourth-order valence-corrected chi connectivity index (χ4v) is 4.37. The molecular weight excluding hydrogens is 512 g/mol. The Bertz CT molecular complexity index is 818. The topological polar surface area (TPSA) is 252 Å². The molecule has 0 saturated heterocycles. The zero-order valence-electron chi connectivity index (χ0n) is 17.9. The molecule has 0 aliphatic carbocycles. The number of rotatable bonds is 15. The van der Waals surface area contributed by atoms with Crippen molar-refractivity contribution < 1.29 is 57.1 Å². The van der Waals surface area contributed by atoms with Crippen LogP contribution < -0.4 is 10.6 Å². The molecule has 0 aromatic rings. The van der Waals surface area contributed by atoms with Crippen LogP contribution in [-0.2, 0) is 32.3 Å². The van der Waals surface area contributed by atoms with Crippen molar-refractivity contribution in [3.8, 4) is 0 Å². The van der Waals surface area contributed by atoms with Gasteiger partial charge in [-0.3, -0.25) is 29.0 Å². The summed E-state index contributed by atoms with van der Waals surface area (Å²) in [6, 6.07) is -1.36. The van der Waals surface area contributed by atoms with Crippen molar-refractivity contribution >= 4 is 44.3 Å². The predicted octanol–water partition coefficient (Wildman–Crippen LogP) is -0.853. The van der Waals surface area contributed by atoms with Gasteiger partial charge in [-0.1, -0.05) is 25.6 Å². The first kappa shape index (κ1) is 31.6. The lowest BCUT2D eigenvalue weighted by Gasteiger charge is -2.29. The molecule has 0 spiro atoms. The molecule has 6 N–H and O–H groups in total. The highest BCUT2D eigenvalue weighted by atomic mass is 32.2. The number of hydrogen-bond acceptors (Lipinski definition) is 11. The van der Waals surface area contributed by atoms with Crippen LogP contribution in [0.4, 0.5) is 0 Å². The number of amides is 2. The number of phosphoric acid groups is 2. The summed E-state index contributed by atoms with van der Waals surface area (Å²) in [5, 5.41) is 24.6. The van der Waals surface area contributed by atoms with Gasteiger partial charge < -0.3 is 30.4 Å². The Balaban J connectivity index is 4.34. The Labute approximate surface area is 192 Å². The molecule has 0 heterocycles. The van der Waals surface area contributed by atoms with Crippen molar-refractivity contribution in [2.24, 2.45) is 5.41 Å². The van der Waals surface area contributed by atoms with Crippen LogP contribution in [0.25, 0.3) is 0 Å². The first-order chi connectivity index (χ1) is 14.9. The maximum absolute atomic E-state index is 12.0. The van der Waals surface area contributed by atoms with Gasteiger partial charge in [0, 0.05) is 42.5 Å². The summed E-state index contributed by atoms with van der Waals surface area (Å²) in [6.07, 6.45) is -1.98. The van der Waals surface area contributed by atoms with Crippen molar-refractivity contribution in [1.82, 2.24) is 10.6 Å². The summed E-state index contributed by atoms with van der Waals surface area (Å²) in [7, 11) is -10.5. The minimum Gasteiger partial charge on any atom is -0.383 e. The fraction of sp³-hybridized carbons (Fsp3) is 0.786. The van der Waals surface area contributed by atoms with Crippen molar-refractivity contribution in [2.75, 3.05) is 25.4 Å². The average molecular weight is 539 g/mol. The van der Waals surface area contributed by atoms with Crippen LogP contribution in [0.2, 0.25) is 0 Å². The molecule has 192 valence electrons. The average Bonchev–Trinajstić information content (AvgIpc) is 2.66. The highest BCUT2D eigenvalue weighted by molar-refractivity contribution is 8.13. The van der Waals surface area contributed by atoms with Crippen LogP contribution in [0.5, 0.6) is 0 Å². The highest BCUT2D eigenvalue weighted by Gasteiger charge is 2.39. The number of aliphatic hydroxyl groups is 1. The maximum Gasteiger partial charge on any atom is 0.481 e. The summed E-state index contributed by atoms with van der Waals surface area (Å²) in [6.45, 7) is 2.75. The molecule has 0 aliphatic heterocycles. The zero-order valence-corrected chi connectivity index (χ0v) is 20.5. The van der Waals surface area contributed by atoms with Crippen LogP contribution in [0.3, 0.4) is 0 Å². The Morgan fingerprint density at radius 2 is 1.73 bits per heavy atom. The number of aliphatic hydroxyl groups excluding tert-OH is 1. The molecule has 16 nitrogen and oxygen atoms in total. The van der Waals surface area contributed by atoms with Gasteiger partial charge in [0.25, 0.3) is 11.2 Å². The molecule has 0 saturated carbocycles. The third-order valence-electron chi connectivity index (χ3n) is 3.78. The van der Waals surface area contributed by atoms with E-state index in [4.69, 9.17) is 9.79 Å². The van der Waals surface area contributed by atoms with E-state index in [1.54, 1.807) is 0 Å². The molecule has 2 unspecified atom stereocenters. The zero-order chi connectivity index (χ0) is 26.0. The number of hydrogen-bond donors (Lipinski definition) is 6. The third-order valence-corrected chi connectivity index (χ3v) is 6.94. The fourth-order valence-electron chi connectivity index (χ4n) is 1.87. The van der Waals surface area contributed by atoms with Gasteiger partial charge in [-0.15, -0.1) is 0 Å². The second-order valence-corrected chi connectivity index (χ2v) is 11.2. The van der Waals surface area contributed by atoms with E-state index in [0.29, 0.717) is 11.8 Å². The Morgan fingerprint density at radius 1 is 1.15 bits per heavy atom. The summed E-state index contributed by atoms with van der Waals surface area (Å²) in [5.41, 5.74) is -1.49. The molecule has 0 aliphatic rings. The van der Waals surface area contributed by atoms with Gasteiger partial charge in [-0.05, 0) is 0 Å². The van der Waals surface area contributed by atoms with Crippen LogP contribution in [0.15, 0.2) is 0 Å². The van der Waals surface area contributed by atoms with Crippen LogP contribution >= 0.6 is 27.4 Å². The molecule has 0 bridgehead atoms. The van der Waals surface area contributed by atoms with Crippen LogP contribution in [-0.4, -0.2) is 79.2 Å². The first-order valence-electron chi connectivity index (χ1n) is 9.15. The molecule has 0 aromatic carbocycles. The van der Waals surface area contributed by atoms with Crippen LogP contribution in [0.1, 0.15) is 27.2 Å². The van der Waals surface area contributed by atoms with Gasteiger partial charge in [0.1, 0.15) is 6.10 Å². The lowest BCUT2D eigenvalue weighted by atomic mass is 9.87. The predicted molar refractivity (Wildman–Crippen MR) is 113 cm³/mol. The van der Waals surface area contributed by atoms with E-state index in [0.717, 1.165) is 6.92 Å². The van der Waals surface area contributed by atoms with Gasteiger partial charge in [-0.2, -0.15) is 4.31 Å². The second-order valence-electron chi connectivity index (χ2n) is 7.23. The smallest absolute Gasteiger partial charge is 0.383 e. The molecule has 2 amide bonds. The van der Waals surface area contributed by atoms with Gasteiger partial charge in [0.15, 0.2) is 0 Å². The molecule has 33 heavy (non-hydrogen) atoms. The molecule has 0 aromatic heterocycles. The third kappa shape index (κ3) is 13.8. The number of nitrogens with one attached hydrogen (secondary N) is 2. The van der Waals surface area contributed by atoms with E-state index >= 15 is 0 Å². The number of nitro groups is 1. The number of nitrogens with zero attached hydrogens (tertiary/aromatic N) is 1. The van der Waals surface area contributed by atoms with E-state index in [1.165, 1.54) is 13.8 Å². The number of phosphoric ester groups is 1. The van der Waals surface area contributed by atoms with E-state index in [9.17, 15) is 43.6 Å². The molecule has 0 radical (unpaired) electrons. The van der Waals surface area contributed by atoms with E-state index in [-0.39, 0.29) is 25.3 Å². The second kappa shape index (κ2) is 13.5. The number of carbonyl (C=O) groups is 3. The molecule has 0 rings (SSSR count). The largest absolute Gasteiger partial charge is 0.481 e. The van der Waals surface area contributed by atoms with Crippen molar-refractivity contribution in [3.05, 3.63) is 10.1 Å². The maximum atomic E-state index is 12.0. The normalized spacial score (nSPS) is 15.7. The van der Waals surface area contributed by atoms with Crippen molar-refractivity contribution in [1.29, 1.82) is 0 Å². The molecule has 0 fully saturated rings. The SMILES string of the molecule is CC(C(=O)SCCNC(=O)CCNC(=O)[C@H](O)C(C)(C)COP(=O)(O)OP(=O)(O)O)[N+](=O)[O-]. The molecule has 19 heteroatoms. The monoisotopic (exact) mass is 539 g/mol. The van der Waals surface area contributed by atoms with Crippen LogP contribution in [0, 0.1) is 15.5 Å². The number of thioether (sulfide) groups is 1. The quantitative estimate of drug-likeness (QED) is 0.0641. The minimum atomic E-state index is -5.32. The highest BCUT2D eigenvalue weighted by Crippen LogP contribution is 2.58. The van der Waals surface area contributed by atoms with Gasteiger partial charge in [0.05, 0.1) is 6.61 Å². The standard InChI is InChI=1S/C14H27N3O13P2S/c1-9(17(22)23)13(21)33-7-6-15-10(18)4-5-16-12(20)11(19)14(2,3)8-29-32(27,28)30-31(24,25)26/h9,11,19H,4-8H2,1-3H3,(H,15,18)(H,16,20)(H,27,28)(H2,24,25,26)/t9?,11-/m0/s1. The molecule has 3 atom stereocenters. The Hall–Kier alpha value is -1.42. The molecular formula is C14H27N3O13P2S. The van der Waals surface area contributed by atoms with Crippen molar-refractivity contribution in [3.63, 3.8) is 0 Å². The van der Waals surface area contributed by atoms with Crippen molar-refractivity contribution in [2.45, 2.75) is 39.3 Å². The summed E-state index contributed by atoms with van der Waals surface area (Å²) >= 11 is 0.699. The first-order valence-corrected chi connectivity index (χ1v) is 13.2. The number of carbonyl (C=O) groups excluding carboxylic acids is 3. The lowest BCUT2D eigenvalue weighted by Crippen LogP contribution is -2.46. The Kier molecular flexibility index (Phi) is 12.9. The van der Waals surface area contributed by atoms with E-state index in [1.807, 2.05) is 0 Å². The summed E-state index contributed by atoms with van der Waals surface area (Å²) in [5.74, 6) is -1.34. The van der Waals surface area contributed by atoms with Gasteiger partial charge in [-0.25, -0.2) is 9.13 Å². The lowest BCUT2D eigenvalue weighted by molar-refractivity contribution is -0.501. The minimum absolute atomic E-state index is 0.0541. The van der Waals surface area contributed by atoms with E-state index < -0.39 is 61.7 Å². The van der Waals surface area contributed by atoms with E-state index in [2.05, 4.69) is 19.5 Å². The summed E-state index contributed by atoms with van der Waals surface area (Å²) < 4.78 is 30.1. The Morgan fingerprint density at radius 3 is 2.24 bits per heavy atom. The van der Waals surface area contributed by atoms with Gasteiger partial charge in [0.2, 0.25) is 11.8 Å².